The number of anilines is 1. The number of aromatic nitrogens is 2. The minimum absolute atomic E-state index is 0.0723. The molecule has 1 aromatic heterocycles. The Kier molecular flexibility index (Phi) is 6.08. The number of rotatable bonds is 6. The van der Waals surface area contributed by atoms with Gasteiger partial charge in [-0.1, -0.05) is 74.0 Å². The maximum Gasteiger partial charge on any atom is 0.257 e. The van der Waals surface area contributed by atoms with Crippen LogP contribution in [0.2, 0.25) is 0 Å². The number of carbonyl (C=O) groups excluding carboxylic acids is 1. The number of hydrogen-bond donors (Lipinski definition) is 1. The van der Waals surface area contributed by atoms with E-state index in [4.69, 9.17) is 0 Å². The van der Waals surface area contributed by atoms with Crippen LogP contribution in [0, 0.1) is 6.92 Å². The summed E-state index contributed by atoms with van der Waals surface area (Å²) >= 11 is 0. The summed E-state index contributed by atoms with van der Waals surface area (Å²) in [5, 5.41) is 8.09. The van der Waals surface area contributed by atoms with Crippen molar-refractivity contribution in [2.24, 2.45) is 0 Å². The second-order valence-electron chi connectivity index (χ2n) is 9.96. The fourth-order valence-electron chi connectivity index (χ4n) is 5.21. The minimum Gasteiger partial charge on any atom is -0.352 e. The van der Waals surface area contributed by atoms with Gasteiger partial charge in [-0.3, -0.25) is 4.79 Å². The molecule has 0 spiro atoms. The molecule has 1 unspecified atom stereocenters. The number of fused-ring (bicyclic) bond motifs is 1. The van der Waals surface area contributed by atoms with Gasteiger partial charge >= 0.3 is 0 Å². The Morgan fingerprint density at radius 3 is 2.33 bits per heavy atom. The third-order valence-electron chi connectivity index (χ3n) is 7.40. The zero-order valence-electron chi connectivity index (χ0n) is 20.7. The second-order valence-corrected chi connectivity index (χ2v) is 9.96. The van der Waals surface area contributed by atoms with Crippen molar-refractivity contribution >= 4 is 11.7 Å². The number of benzene rings is 2. The van der Waals surface area contributed by atoms with Crippen molar-refractivity contribution in [1.29, 1.82) is 0 Å². The largest absolute Gasteiger partial charge is 0.352 e. The van der Waals surface area contributed by atoms with Crippen molar-refractivity contribution in [2.45, 2.75) is 71.0 Å². The summed E-state index contributed by atoms with van der Waals surface area (Å²) in [6.45, 7) is 10.8. The summed E-state index contributed by atoms with van der Waals surface area (Å²) < 4.78 is 2.02. The van der Waals surface area contributed by atoms with Crippen molar-refractivity contribution in [3.05, 3.63) is 83.0 Å². The average molecular weight is 445 g/mol. The van der Waals surface area contributed by atoms with Crippen LogP contribution in [0.15, 0.2) is 60.8 Å². The molecule has 4 rings (SSSR count). The Hall–Kier alpha value is -3.08. The van der Waals surface area contributed by atoms with E-state index >= 15 is 0 Å². The molecule has 0 bridgehead atoms. The lowest BCUT2D eigenvalue weighted by molar-refractivity contribution is 0.0889. The molecule has 5 nitrogen and oxygen atoms in total. The summed E-state index contributed by atoms with van der Waals surface area (Å²) in [7, 11) is 2.07. The molecule has 1 atom stereocenters. The standard InChI is InChI=1S/C28H36N4O/c1-7-28(8-2,22-16-14-20(3)15-17-22)30-25(33)23-19-29-32-26(23)31(6)24(18-27(32,4)5)21-12-10-9-11-13-21/h9-17,19,24H,7-8,18H2,1-6H3,(H,30,33). The number of hydrogen-bond acceptors (Lipinski definition) is 3. The monoisotopic (exact) mass is 444 g/mol. The summed E-state index contributed by atoms with van der Waals surface area (Å²) in [5.41, 5.74) is 3.62. The van der Waals surface area contributed by atoms with Crippen LogP contribution in [0.25, 0.3) is 0 Å². The van der Waals surface area contributed by atoms with Gasteiger partial charge in [-0.15, -0.1) is 0 Å². The van der Waals surface area contributed by atoms with Crippen molar-refractivity contribution < 1.29 is 4.79 Å². The molecule has 5 heteroatoms. The van der Waals surface area contributed by atoms with Gasteiger partial charge in [0, 0.05) is 7.05 Å². The summed E-state index contributed by atoms with van der Waals surface area (Å²) in [4.78, 5) is 16.0. The van der Waals surface area contributed by atoms with Crippen LogP contribution in [-0.2, 0) is 11.1 Å². The Morgan fingerprint density at radius 1 is 1.09 bits per heavy atom. The molecule has 1 aliphatic rings. The predicted octanol–water partition coefficient (Wildman–Crippen LogP) is 5.95. The first-order valence-corrected chi connectivity index (χ1v) is 12.0. The lowest BCUT2D eigenvalue weighted by Crippen LogP contribution is -2.46. The molecule has 1 amide bonds. The third-order valence-corrected chi connectivity index (χ3v) is 7.40. The molecule has 33 heavy (non-hydrogen) atoms. The van der Waals surface area contributed by atoms with E-state index in [2.05, 4.69) is 106 Å². The summed E-state index contributed by atoms with van der Waals surface area (Å²) in [5.74, 6) is 0.805. The van der Waals surface area contributed by atoms with E-state index < -0.39 is 5.54 Å². The number of nitrogens with zero attached hydrogens (tertiary/aromatic N) is 3. The Balaban J connectivity index is 1.72. The molecule has 2 heterocycles. The van der Waals surface area contributed by atoms with E-state index in [0.29, 0.717) is 5.56 Å². The highest BCUT2D eigenvalue weighted by atomic mass is 16.2. The van der Waals surface area contributed by atoms with Crippen LogP contribution >= 0.6 is 0 Å². The van der Waals surface area contributed by atoms with Gasteiger partial charge in [0.1, 0.15) is 11.4 Å². The maximum atomic E-state index is 13.8. The van der Waals surface area contributed by atoms with Gasteiger partial charge in [-0.2, -0.15) is 5.10 Å². The van der Waals surface area contributed by atoms with E-state index in [1.54, 1.807) is 6.20 Å². The molecular formula is C28H36N4O. The molecule has 3 aromatic rings. The minimum atomic E-state index is -0.415. The van der Waals surface area contributed by atoms with Gasteiger partial charge < -0.3 is 10.2 Å². The first kappa shape index (κ1) is 23.1. The zero-order valence-corrected chi connectivity index (χ0v) is 20.7. The van der Waals surface area contributed by atoms with Crippen molar-refractivity contribution in [3.63, 3.8) is 0 Å². The van der Waals surface area contributed by atoms with E-state index in [1.165, 1.54) is 11.1 Å². The SMILES string of the molecule is CCC(CC)(NC(=O)c1cnn2c1N(C)C(c1ccccc1)CC2(C)C)c1ccc(C)cc1. The van der Waals surface area contributed by atoms with Gasteiger partial charge in [0.25, 0.3) is 5.91 Å². The topological polar surface area (TPSA) is 50.2 Å². The second kappa shape index (κ2) is 8.69. The first-order valence-electron chi connectivity index (χ1n) is 12.0. The molecule has 0 saturated carbocycles. The number of amides is 1. The smallest absolute Gasteiger partial charge is 0.257 e. The Bertz CT molecular complexity index is 1110. The van der Waals surface area contributed by atoms with Crippen LogP contribution in [-0.4, -0.2) is 22.7 Å². The van der Waals surface area contributed by atoms with Crippen LogP contribution < -0.4 is 10.2 Å². The van der Waals surface area contributed by atoms with E-state index in [-0.39, 0.29) is 17.5 Å². The molecule has 0 fully saturated rings. The average Bonchev–Trinajstić information content (AvgIpc) is 3.28. The predicted molar refractivity (Wildman–Crippen MR) is 135 cm³/mol. The van der Waals surface area contributed by atoms with Gasteiger partial charge in [-0.05, 0) is 51.2 Å². The fourth-order valence-corrected chi connectivity index (χ4v) is 5.21. The highest BCUT2D eigenvalue weighted by Gasteiger charge is 2.41. The van der Waals surface area contributed by atoms with Crippen molar-refractivity contribution in [1.82, 2.24) is 15.1 Å². The summed E-state index contributed by atoms with van der Waals surface area (Å²) in [6.07, 6.45) is 4.29. The van der Waals surface area contributed by atoms with Gasteiger partial charge in [-0.25, -0.2) is 4.68 Å². The van der Waals surface area contributed by atoms with Gasteiger partial charge in [0.05, 0.1) is 23.3 Å². The van der Waals surface area contributed by atoms with Gasteiger partial charge in [0.15, 0.2) is 0 Å². The number of aryl methyl sites for hydroxylation is 1. The van der Waals surface area contributed by atoms with Gasteiger partial charge in [0.2, 0.25) is 0 Å². The Morgan fingerprint density at radius 2 is 1.73 bits per heavy atom. The summed E-state index contributed by atoms with van der Waals surface area (Å²) in [6, 6.07) is 19.2. The van der Waals surface area contributed by atoms with E-state index in [1.807, 2.05) is 10.7 Å². The quantitative estimate of drug-likeness (QED) is 0.511. The highest BCUT2D eigenvalue weighted by Crippen LogP contribution is 2.43. The molecule has 2 aromatic carbocycles. The molecule has 1 N–H and O–H groups in total. The van der Waals surface area contributed by atoms with Crippen molar-refractivity contribution in [3.8, 4) is 0 Å². The molecule has 1 aliphatic heterocycles. The zero-order chi connectivity index (χ0) is 23.8. The molecule has 174 valence electrons. The fraction of sp³-hybridized carbons (Fsp3) is 0.429. The number of nitrogens with one attached hydrogen (secondary N) is 1. The lowest BCUT2D eigenvalue weighted by Gasteiger charge is -2.44. The molecule has 0 radical (unpaired) electrons. The normalized spacial score (nSPS) is 17.5. The lowest BCUT2D eigenvalue weighted by atomic mass is 9.84. The number of carbonyl (C=O) groups is 1. The first-order chi connectivity index (χ1) is 15.7. The van der Waals surface area contributed by atoms with E-state index in [9.17, 15) is 4.79 Å². The molecular weight excluding hydrogens is 408 g/mol. The van der Waals surface area contributed by atoms with Crippen LogP contribution in [0.5, 0.6) is 0 Å². The third kappa shape index (κ3) is 4.05. The Labute approximate surface area is 197 Å². The molecule has 0 saturated heterocycles. The van der Waals surface area contributed by atoms with Crippen LogP contribution in [0.3, 0.4) is 0 Å². The van der Waals surface area contributed by atoms with E-state index in [0.717, 1.165) is 30.6 Å². The van der Waals surface area contributed by atoms with Crippen molar-refractivity contribution in [2.75, 3.05) is 11.9 Å². The van der Waals surface area contributed by atoms with Crippen LogP contribution in [0.1, 0.15) is 80.0 Å². The van der Waals surface area contributed by atoms with Crippen LogP contribution in [0.4, 0.5) is 5.82 Å². The maximum absolute atomic E-state index is 13.8. The highest BCUT2D eigenvalue weighted by molar-refractivity contribution is 5.99. The molecule has 0 aliphatic carbocycles.